The maximum atomic E-state index is 12.8. The van der Waals surface area contributed by atoms with Gasteiger partial charge in [0.2, 0.25) is 5.91 Å². The Labute approximate surface area is 201 Å². The molecule has 1 aromatic heterocycles. The Kier molecular flexibility index (Phi) is 7.46. The molecule has 3 aromatic rings. The van der Waals surface area contributed by atoms with Crippen LogP contribution in [0, 0.1) is 0 Å². The molecule has 6 heteroatoms. The second kappa shape index (κ2) is 10.7. The average molecular weight is 460 g/mol. The Bertz CT molecular complexity index is 1170. The number of rotatable bonds is 8. The number of piperazine rings is 1. The summed E-state index contributed by atoms with van der Waals surface area (Å²) in [7, 11) is 1.67. The highest BCUT2D eigenvalue weighted by Gasteiger charge is 2.24. The summed E-state index contributed by atoms with van der Waals surface area (Å²) in [5.74, 6) is 1.08. The summed E-state index contributed by atoms with van der Waals surface area (Å²) in [4.78, 5) is 34.0. The van der Waals surface area contributed by atoms with Gasteiger partial charge in [-0.25, -0.2) is 0 Å². The van der Waals surface area contributed by atoms with E-state index in [0.717, 1.165) is 53.0 Å². The van der Waals surface area contributed by atoms with E-state index in [1.165, 1.54) is 0 Å². The van der Waals surface area contributed by atoms with Crippen LogP contribution < -0.4 is 9.64 Å². The maximum Gasteiger partial charge on any atom is 0.222 e. The van der Waals surface area contributed by atoms with Crippen molar-refractivity contribution in [1.82, 2.24) is 9.88 Å². The number of Topliss-reactive ketones (excluding diaryl/α,β-unsaturated/α-hetero) is 1. The molecule has 4 rings (SSSR count). The number of amides is 1. The standard InChI is InChI=1S/C28H33N3O3/c1-4-9-28(33)31-14-12-30(13-15-31)25-17-22-21(16-20-10-7-6-8-11-20)23(26(32)5-2)19-29-24(22)18-27(25)34-3/h6-8,10-11,17-19H,4-5,9,12-16H2,1-3H3. The molecule has 0 unspecified atom stereocenters. The van der Waals surface area contributed by atoms with Gasteiger partial charge in [0, 0.05) is 62.2 Å². The fourth-order valence-electron chi connectivity index (χ4n) is 4.66. The second-order valence-corrected chi connectivity index (χ2v) is 8.75. The van der Waals surface area contributed by atoms with Gasteiger partial charge in [-0.3, -0.25) is 14.6 Å². The minimum absolute atomic E-state index is 0.0979. The molecule has 6 nitrogen and oxygen atoms in total. The molecule has 0 atom stereocenters. The minimum Gasteiger partial charge on any atom is -0.495 e. The van der Waals surface area contributed by atoms with Crippen LogP contribution in [-0.2, 0) is 11.2 Å². The number of nitrogens with zero attached hydrogens (tertiary/aromatic N) is 3. The molecule has 178 valence electrons. The van der Waals surface area contributed by atoms with Crippen LogP contribution in [0.4, 0.5) is 5.69 Å². The maximum absolute atomic E-state index is 12.8. The van der Waals surface area contributed by atoms with E-state index >= 15 is 0 Å². The van der Waals surface area contributed by atoms with Gasteiger partial charge in [-0.2, -0.15) is 0 Å². The zero-order chi connectivity index (χ0) is 24.1. The first-order valence-corrected chi connectivity index (χ1v) is 12.1. The molecule has 2 heterocycles. The van der Waals surface area contributed by atoms with Crippen LogP contribution in [0.5, 0.6) is 5.75 Å². The lowest BCUT2D eigenvalue weighted by atomic mass is 9.93. The zero-order valence-corrected chi connectivity index (χ0v) is 20.3. The second-order valence-electron chi connectivity index (χ2n) is 8.75. The predicted octanol–water partition coefficient (Wildman–Crippen LogP) is 4.88. The van der Waals surface area contributed by atoms with Crippen molar-refractivity contribution in [3.63, 3.8) is 0 Å². The first-order chi connectivity index (χ1) is 16.5. The summed E-state index contributed by atoms with van der Waals surface area (Å²) in [5, 5.41) is 0.975. The van der Waals surface area contributed by atoms with Crippen molar-refractivity contribution in [1.29, 1.82) is 0 Å². The number of methoxy groups -OCH3 is 1. The fourth-order valence-corrected chi connectivity index (χ4v) is 4.66. The van der Waals surface area contributed by atoms with Crippen LogP contribution in [0.2, 0.25) is 0 Å². The van der Waals surface area contributed by atoms with Gasteiger partial charge in [-0.15, -0.1) is 0 Å². The number of hydrogen-bond donors (Lipinski definition) is 0. The molecule has 1 aliphatic rings. The predicted molar refractivity (Wildman–Crippen MR) is 136 cm³/mol. The molecule has 1 amide bonds. The Morgan fingerprint density at radius 1 is 1.03 bits per heavy atom. The van der Waals surface area contributed by atoms with E-state index in [1.54, 1.807) is 13.3 Å². The molecular formula is C28H33N3O3. The Morgan fingerprint density at radius 3 is 2.41 bits per heavy atom. The van der Waals surface area contributed by atoms with Crippen molar-refractivity contribution in [2.24, 2.45) is 0 Å². The van der Waals surface area contributed by atoms with E-state index in [-0.39, 0.29) is 11.7 Å². The third-order valence-electron chi connectivity index (χ3n) is 6.56. The summed E-state index contributed by atoms with van der Waals surface area (Å²) in [5.41, 5.74) is 4.64. The highest BCUT2D eigenvalue weighted by molar-refractivity contribution is 6.02. The number of ketones is 1. The van der Waals surface area contributed by atoms with E-state index < -0.39 is 0 Å². The molecule has 0 bridgehead atoms. The van der Waals surface area contributed by atoms with Gasteiger partial charge >= 0.3 is 0 Å². The molecule has 2 aromatic carbocycles. The number of aromatic nitrogens is 1. The van der Waals surface area contributed by atoms with E-state index in [2.05, 4.69) is 28.1 Å². The van der Waals surface area contributed by atoms with Crippen molar-refractivity contribution in [3.8, 4) is 5.75 Å². The number of fused-ring (bicyclic) bond motifs is 1. The number of anilines is 1. The van der Waals surface area contributed by atoms with Crippen molar-refractivity contribution in [2.75, 3.05) is 38.2 Å². The summed E-state index contributed by atoms with van der Waals surface area (Å²) < 4.78 is 5.75. The molecule has 1 fully saturated rings. The van der Waals surface area contributed by atoms with Crippen molar-refractivity contribution in [2.45, 2.75) is 39.5 Å². The molecule has 0 saturated carbocycles. The van der Waals surface area contributed by atoms with E-state index in [1.807, 2.05) is 43.0 Å². The van der Waals surface area contributed by atoms with E-state index in [0.29, 0.717) is 37.9 Å². The van der Waals surface area contributed by atoms with Gasteiger partial charge in [-0.05, 0) is 30.0 Å². The third-order valence-corrected chi connectivity index (χ3v) is 6.56. The molecular weight excluding hydrogens is 426 g/mol. The van der Waals surface area contributed by atoms with Gasteiger partial charge in [0.15, 0.2) is 5.78 Å². The van der Waals surface area contributed by atoms with Crippen LogP contribution in [-0.4, -0.2) is 54.9 Å². The number of ether oxygens (including phenoxy) is 1. The lowest BCUT2D eigenvalue weighted by molar-refractivity contribution is -0.131. The summed E-state index contributed by atoms with van der Waals surface area (Å²) in [6.45, 7) is 6.80. The lowest BCUT2D eigenvalue weighted by Crippen LogP contribution is -2.48. The van der Waals surface area contributed by atoms with Crippen molar-refractivity contribution in [3.05, 3.63) is 65.4 Å². The molecule has 0 aliphatic carbocycles. The van der Waals surface area contributed by atoms with E-state index in [9.17, 15) is 9.59 Å². The highest BCUT2D eigenvalue weighted by atomic mass is 16.5. The molecule has 1 saturated heterocycles. The first kappa shape index (κ1) is 23.7. The fraction of sp³-hybridized carbons (Fsp3) is 0.393. The Balaban J connectivity index is 1.75. The topological polar surface area (TPSA) is 62.7 Å². The van der Waals surface area contributed by atoms with Crippen LogP contribution in [0.25, 0.3) is 10.9 Å². The summed E-state index contributed by atoms with van der Waals surface area (Å²) >= 11 is 0. The number of carbonyl (C=O) groups excluding carboxylic acids is 2. The quantitative estimate of drug-likeness (QED) is 0.450. The highest BCUT2D eigenvalue weighted by Crippen LogP contribution is 2.36. The monoisotopic (exact) mass is 459 g/mol. The van der Waals surface area contributed by atoms with Gasteiger partial charge < -0.3 is 14.5 Å². The zero-order valence-electron chi connectivity index (χ0n) is 20.3. The molecule has 0 N–H and O–H groups in total. The molecule has 0 radical (unpaired) electrons. The van der Waals surface area contributed by atoms with Crippen LogP contribution in [0.15, 0.2) is 48.7 Å². The van der Waals surface area contributed by atoms with E-state index in [4.69, 9.17) is 4.74 Å². The third kappa shape index (κ3) is 4.91. The van der Waals surface area contributed by atoms with Crippen LogP contribution in [0.3, 0.4) is 0 Å². The number of hydrogen-bond acceptors (Lipinski definition) is 5. The first-order valence-electron chi connectivity index (χ1n) is 12.1. The summed E-state index contributed by atoms with van der Waals surface area (Å²) in [6, 6.07) is 14.3. The van der Waals surface area contributed by atoms with Gasteiger partial charge in [0.1, 0.15) is 5.75 Å². The number of carbonyl (C=O) groups is 2. The molecule has 34 heavy (non-hydrogen) atoms. The Hall–Kier alpha value is -3.41. The largest absolute Gasteiger partial charge is 0.495 e. The van der Waals surface area contributed by atoms with Gasteiger partial charge in [0.25, 0.3) is 0 Å². The molecule has 1 aliphatic heterocycles. The lowest BCUT2D eigenvalue weighted by Gasteiger charge is -2.37. The minimum atomic E-state index is 0.0979. The summed E-state index contributed by atoms with van der Waals surface area (Å²) in [6.07, 6.45) is 4.27. The van der Waals surface area contributed by atoms with Crippen molar-refractivity contribution < 1.29 is 14.3 Å². The van der Waals surface area contributed by atoms with Crippen molar-refractivity contribution >= 4 is 28.3 Å². The van der Waals surface area contributed by atoms with Gasteiger partial charge in [-0.1, -0.05) is 44.2 Å². The number of pyridine rings is 1. The van der Waals surface area contributed by atoms with Crippen LogP contribution >= 0.6 is 0 Å². The van der Waals surface area contributed by atoms with Crippen LogP contribution in [0.1, 0.15) is 54.6 Å². The molecule has 0 spiro atoms. The van der Waals surface area contributed by atoms with Gasteiger partial charge in [0.05, 0.1) is 18.3 Å². The SMILES string of the molecule is CCCC(=O)N1CCN(c2cc3c(Cc4ccccc4)c(C(=O)CC)cnc3cc2OC)CC1. The Morgan fingerprint density at radius 2 is 1.76 bits per heavy atom. The average Bonchev–Trinajstić information content (AvgIpc) is 2.88. The number of benzene rings is 2. The normalized spacial score (nSPS) is 13.9. The smallest absolute Gasteiger partial charge is 0.222 e.